The van der Waals surface area contributed by atoms with Gasteiger partial charge in [-0.25, -0.2) is 13.5 Å². The van der Waals surface area contributed by atoms with E-state index in [1.165, 1.54) is 10.7 Å². The Hall–Kier alpha value is -3.42. The summed E-state index contributed by atoms with van der Waals surface area (Å²) in [5.74, 6) is -1.22. The number of nitrogens with one attached hydrogen (secondary N) is 1. The third kappa shape index (κ3) is 3.91. The lowest BCUT2D eigenvalue weighted by Crippen LogP contribution is -2.21. The van der Waals surface area contributed by atoms with E-state index >= 15 is 0 Å². The molecule has 1 aromatic heterocycles. The molecule has 29 heavy (non-hydrogen) atoms. The summed E-state index contributed by atoms with van der Waals surface area (Å²) in [7, 11) is 1.58. The zero-order valence-corrected chi connectivity index (χ0v) is 15.9. The van der Waals surface area contributed by atoms with Crippen LogP contribution in [0.4, 0.5) is 20.2 Å². The van der Waals surface area contributed by atoms with Gasteiger partial charge in [0.15, 0.2) is 17.3 Å². The van der Waals surface area contributed by atoms with Crippen LogP contribution in [-0.2, 0) is 0 Å². The van der Waals surface area contributed by atoms with Crippen molar-refractivity contribution in [1.29, 1.82) is 0 Å². The number of rotatable bonds is 5. The van der Waals surface area contributed by atoms with E-state index in [9.17, 15) is 13.6 Å². The van der Waals surface area contributed by atoms with Gasteiger partial charge >= 0.3 is 0 Å². The summed E-state index contributed by atoms with van der Waals surface area (Å²) in [5, 5.41) is 6.73. The molecule has 0 spiro atoms. The fraction of sp³-hybridized carbons (Fsp3) is 0.238. The molecule has 0 radical (unpaired) electrons. The molecule has 0 unspecified atom stereocenters. The van der Waals surface area contributed by atoms with Crippen molar-refractivity contribution in [2.75, 3.05) is 30.4 Å². The van der Waals surface area contributed by atoms with Crippen molar-refractivity contribution in [3.63, 3.8) is 0 Å². The fourth-order valence-corrected chi connectivity index (χ4v) is 3.40. The maximum Gasteiger partial charge on any atom is 0.276 e. The number of halogens is 2. The summed E-state index contributed by atoms with van der Waals surface area (Å²) in [6.07, 6.45) is 3.46. The van der Waals surface area contributed by atoms with Crippen molar-refractivity contribution in [2.24, 2.45) is 0 Å². The molecule has 1 fully saturated rings. The molecular formula is C21H20F2N4O2. The molecule has 0 bridgehead atoms. The minimum absolute atomic E-state index is 0.0377. The molecule has 1 aliphatic rings. The third-order valence-electron chi connectivity index (χ3n) is 4.86. The SMILES string of the molecule is COc1ccc(-n2ccc(C(=O)Nc3cc(F)c(N4CCCC4)c(F)c3)n2)cc1. The lowest BCUT2D eigenvalue weighted by molar-refractivity contribution is 0.102. The highest BCUT2D eigenvalue weighted by Gasteiger charge is 2.22. The Balaban J connectivity index is 1.50. The predicted molar refractivity (Wildman–Crippen MR) is 106 cm³/mol. The molecule has 1 saturated heterocycles. The molecule has 8 heteroatoms. The van der Waals surface area contributed by atoms with E-state index < -0.39 is 17.5 Å². The molecule has 150 valence electrons. The van der Waals surface area contributed by atoms with Gasteiger partial charge < -0.3 is 15.0 Å². The van der Waals surface area contributed by atoms with Gasteiger partial charge in [-0.15, -0.1) is 0 Å². The summed E-state index contributed by atoms with van der Waals surface area (Å²) in [6, 6.07) is 11.0. The number of carbonyl (C=O) groups excluding carboxylic acids is 1. The Bertz CT molecular complexity index is 1000. The highest BCUT2D eigenvalue weighted by molar-refractivity contribution is 6.02. The number of benzene rings is 2. The zero-order valence-electron chi connectivity index (χ0n) is 15.9. The summed E-state index contributed by atoms with van der Waals surface area (Å²) < 4.78 is 35.5. The molecule has 0 saturated carbocycles. The highest BCUT2D eigenvalue weighted by Crippen LogP contribution is 2.29. The van der Waals surface area contributed by atoms with Crippen molar-refractivity contribution < 1.29 is 18.3 Å². The van der Waals surface area contributed by atoms with E-state index in [1.807, 2.05) is 0 Å². The number of ether oxygens (including phenoxy) is 1. The maximum absolute atomic E-state index is 14.4. The van der Waals surface area contributed by atoms with Gasteiger partial charge in [0.1, 0.15) is 11.4 Å². The topological polar surface area (TPSA) is 59.4 Å². The normalized spacial score (nSPS) is 13.6. The predicted octanol–water partition coefficient (Wildman–Crippen LogP) is 4.01. The first-order chi connectivity index (χ1) is 14.0. The number of nitrogens with zero attached hydrogens (tertiary/aromatic N) is 3. The summed E-state index contributed by atoms with van der Waals surface area (Å²) >= 11 is 0. The molecule has 0 atom stereocenters. The molecule has 4 rings (SSSR count). The number of hydrogen-bond acceptors (Lipinski definition) is 4. The summed E-state index contributed by atoms with van der Waals surface area (Å²) in [4.78, 5) is 14.1. The van der Waals surface area contributed by atoms with Crippen LogP contribution in [0.3, 0.4) is 0 Å². The minimum atomic E-state index is -0.689. The van der Waals surface area contributed by atoms with Crippen LogP contribution in [0.25, 0.3) is 5.69 Å². The van der Waals surface area contributed by atoms with Crippen molar-refractivity contribution in [3.05, 3.63) is 66.0 Å². The quantitative estimate of drug-likeness (QED) is 0.706. The van der Waals surface area contributed by atoms with Crippen LogP contribution in [0.2, 0.25) is 0 Å². The van der Waals surface area contributed by atoms with Crippen molar-refractivity contribution in [2.45, 2.75) is 12.8 Å². The van der Waals surface area contributed by atoms with Gasteiger partial charge in [-0.1, -0.05) is 0 Å². The minimum Gasteiger partial charge on any atom is -0.497 e. The Morgan fingerprint density at radius 3 is 2.34 bits per heavy atom. The van der Waals surface area contributed by atoms with Gasteiger partial charge in [0.25, 0.3) is 5.91 Å². The molecule has 2 heterocycles. The van der Waals surface area contributed by atoms with Crippen LogP contribution in [0.1, 0.15) is 23.3 Å². The lowest BCUT2D eigenvalue weighted by atomic mass is 10.2. The second-order valence-corrected chi connectivity index (χ2v) is 6.78. The first-order valence-corrected chi connectivity index (χ1v) is 9.30. The Morgan fingerprint density at radius 2 is 1.72 bits per heavy atom. The molecule has 6 nitrogen and oxygen atoms in total. The Labute approximate surface area is 166 Å². The van der Waals surface area contributed by atoms with Crippen LogP contribution in [-0.4, -0.2) is 35.9 Å². The van der Waals surface area contributed by atoms with Gasteiger partial charge in [-0.3, -0.25) is 4.79 Å². The first-order valence-electron chi connectivity index (χ1n) is 9.30. The average Bonchev–Trinajstić information content (AvgIpc) is 3.40. The van der Waals surface area contributed by atoms with Gasteiger partial charge in [0.05, 0.1) is 12.8 Å². The number of hydrogen-bond donors (Lipinski definition) is 1. The zero-order chi connectivity index (χ0) is 20.4. The van der Waals surface area contributed by atoms with Crippen LogP contribution >= 0.6 is 0 Å². The second kappa shape index (κ2) is 7.90. The van der Waals surface area contributed by atoms with E-state index in [-0.39, 0.29) is 17.1 Å². The molecule has 1 N–H and O–H groups in total. The van der Waals surface area contributed by atoms with Crippen LogP contribution in [0.15, 0.2) is 48.7 Å². The largest absolute Gasteiger partial charge is 0.497 e. The monoisotopic (exact) mass is 398 g/mol. The molecule has 3 aromatic rings. The number of carbonyl (C=O) groups is 1. The van der Waals surface area contributed by atoms with Gasteiger partial charge in [-0.05, 0) is 55.3 Å². The summed E-state index contributed by atoms with van der Waals surface area (Å²) in [6.45, 7) is 1.25. The van der Waals surface area contributed by atoms with Crippen LogP contribution in [0, 0.1) is 11.6 Å². The van der Waals surface area contributed by atoms with Crippen LogP contribution < -0.4 is 15.0 Å². The van der Waals surface area contributed by atoms with E-state index in [4.69, 9.17) is 4.74 Å². The third-order valence-corrected chi connectivity index (χ3v) is 4.86. The standard InChI is InChI=1S/C21H20F2N4O2/c1-29-16-6-4-15(5-7-16)27-11-8-19(25-27)21(28)24-14-12-17(22)20(18(23)13-14)26-9-2-3-10-26/h4-8,11-13H,2-3,9-10H2,1H3,(H,24,28). The Kier molecular flexibility index (Phi) is 5.16. The molecular weight excluding hydrogens is 378 g/mol. The number of aromatic nitrogens is 2. The average molecular weight is 398 g/mol. The Morgan fingerprint density at radius 1 is 1.07 bits per heavy atom. The van der Waals surface area contributed by atoms with E-state index in [1.54, 1.807) is 42.5 Å². The van der Waals surface area contributed by atoms with E-state index in [0.29, 0.717) is 18.8 Å². The van der Waals surface area contributed by atoms with Crippen LogP contribution in [0.5, 0.6) is 5.75 Å². The maximum atomic E-state index is 14.4. The van der Waals surface area contributed by atoms with Crippen molar-refractivity contribution >= 4 is 17.3 Å². The van der Waals surface area contributed by atoms with Gasteiger partial charge in [-0.2, -0.15) is 5.10 Å². The smallest absolute Gasteiger partial charge is 0.276 e. The van der Waals surface area contributed by atoms with Crippen molar-refractivity contribution in [1.82, 2.24) is 9.78 Å². The summed E-state index contributed by atoms with van der Waals surface area (Å²) in [5.41, 5.74) is 0.887. The molecule has 1 aliphatic heterocycles. The molecule has 2 aromatic carbocycles. The van der Waals surface area contributed by atoms with Crippen molar-refractivity contribution in [3.8, 4) is 11.4 Å². The number of amides is 1. The van der Waals surface area contributed by atoms with E-state index in [2.05, 4.69) is 10.4 Å². The van der Waals surface area contributed by atoms with E-state index in [0.717, 1.165) is 30.7 Å². The highest BCUT2D eigenvalue weighted by atomic mass is 19.1. The number of methoxy groups -OCH3 is 1. The fourth-order valence-electron chi connectivity index (χ4n) is 3.40. The van der Waals surface area contributed by atoms with Gasteiger partial charge in [0, 0.05) is 25.0 Å². The van der Waals surface area contributed by atoms with Gasteiger partial charge in [0.2, 0.25) is 0 Å². The molecule has 1 amide bonds. The second-order valence-electron chi connectivity index (χ2n) is 6.78. The number of anilines is 2. The lowest BCUT2D eigenvalue weighted by Gasteiger charge is -2.19. The molecule has 0 aliphatic carbocycles. The first kappa shape index (κ1) is 18.9.